The lowest BCUT2D eigenvalue weighted by Gasteiger charge is -2.15. The lowest BCUT2D eigenvalue weighted by atomic mass is 10.0. The summed E-state index contributed by atoms with van der Waals surface area (Å²) in [4.78, 5) is 25.8. The first kappa shape index (κ1) is 20.0. The predicted molar refractivity (Wildman–Crippen MR) is 92.9 cm³/mol. The zero-order chi connectivity index (χ0) is 20.5. The summed E-state index contributed by atoms with van der Waals surface area (Å²) in [6, 6.07) is 2.43. The summed E-state index contributed by atoms with van der Waals surface area (Å²) in [6.07, 6.45) is -2.96. The topological polar surface area (TPSA) is 75.9 Å². The van der Waals surface area contributed by atoms with E-state index in [1.807, 2.05) is 6.92 Å². The van der Waals surface area contributed by atoms with Gasteiger partial charge in [0.1, 0.15) is 12.3 Å². The maximum absolute atomic E-state index is 13.0. The van der Waals surface area contributed by atoms with E-state index in [4.69, 9.17) is 9.26 Å². The minimum absolute atomic E-state index is 0.0423. The van der Waals surface area contributed by atoms with Crippen molar-refractivity contribution in [1.82, 2.24) is 15.0 Å². The molecular weight excluding hydrogens is 379 g/mol. The van der Waals surface area contributed by atoms with Gasteiger partial charge in [-0.2, -0.15) is 13.2 Å². The molecular formula is C18H20F3N3O4. The van der Waals surface area contributed by atoms with Crippen molar-refractivity contribution >= 4 is 22.9 Å². The number of benzene rings is 1. The number of nitrogens with zero attached hydrogens (tertiary/aromatic N) is 3. The summed E-state index contributed by atoms with van der Waals surface area (Å²) < 4.78 is 49.8. The van der Waals surface area contributed by atoms with Crippen LogP contribution >= 0.6 is 0 Å². The lowest BCUT2D eigenvalue weighted by molar-refractivity contribution is -0.141. The first-order valence-electron chi connectivity index (χ1n) is 8.90. The minimum atomic E-state index is -4.59. The SMILES string of the molecule is CCCc1c(OCCCN2CC(=O)N(C)C2=O)ccc2c(C(F)(F)F)noc12. The van der Waals surface area contributed by atoms with Crippen LogP contribution in [0.5, 0.6) is 5.75 Å². The fourth-order valence-corrected chi connectivity index (χ4v) is 3.14. The molecule has 1 aliphatic heterocycles. The van der Waals surface area contributed by atoms with Gasteiger partial charge in [0.05, 0.1) is 12.0 Å². The van der Waals surface area contributed by atoms with E-state index in [1.54, 1.807) is 0 Å². The number of fused-ring (bicyclic) bond motifs is 1. The monoisotopic (exact) mass is 399 g/mol. The zero-order valence-electron chi connectivity index (χ0n) is 15.5. The molecule has 1 saturated heterocycles. The fourth-order valence-electron chi connectivity index (χ4n) is 3.14. The van der Waals surface area contributed by atoms with E-state index in [-0.39, 0.29) is 36.1 Å². The molecule has 1 fully saturated rings. The summed E-state index contributed by atoms with van der Waals surface area (Å²) in [6.45, 7) is 2.53. The number of imide groups is 1. The van der Waals surface area contributed by atoms with Gasteiger partial charge in [-0.3, -0.25) is 9.69 Å². The average molecular weight is 399 g/mol. The molecule has 1 aromatic heterocycles. The summed E-state index contributed by atoms with van der Waals surface area (Å²) >= 11 is 0. The van der Waals surface area contributed by atoms with Crippen molar-refractivity contribution in [1.29, 1.82) is 0 Å². The number of carbonyl (C=O) groups is 2. The highest BCUT2D eigenvalue weighted by molar-refractivity contribution is 6.01. The Morgan fingerprint density at radius 3 is 2.64 bits per heavy atom. The molecule has 0 atom stereocenters. The number of likely N-dealkylation sites (N-methyl/N-ethyl adjacent to an activating group) is 1. The molecule has 0 spiro atoms. The van der Waals surface area contributed by atoms with E-state index in [9.17, 15) is 22.8 Å². The molecule has 0 saturated carbocycles. The van der Waals surface area contributed by atoms with Gasteiger partial charge < -0.3 is 14.2 Å². The molecule has 10 heteroatoms. The lowest BCUT2D eigenvalue weighted by Crippen LogP contribution is -2.31. The van der Waals surface area contributed by atoms with Crippen LogP contribution in [0.15, 0.2) is 16.7 Å². The maximum atomic E-state index is 13.0. The summed E-state index contributed by atoms with van der Waals surface area (Å²) in [7, 11) is 1.43. The van der Waals surface area contributed by atoms with Crippen molar-refractivity contribution in [3.63, 3.8) is 0 Å². The molecule has 152 valence electrons. The van der Waals surface area contributed by atoms with Gasteiger partial charge in [0.2, 0.25) is 5.91 Å². The molecule has 0 radical (unpaired) electrons. The Balaban J connectivity index is 1.70. The highest BCUT2D eigenvalue weighted by Gasteiger charge is 2.37. The number of aryl methyl sites for hydroxylation is 1. The van der Waals surface area contributed by atoms with Crippen molar-refractivity contribution in [2.45, 2.75) is 32.4 Å². The van der Waals surface area contributed by atoms with Crippen LogP contribution in [0.3, 0.4) is 0 Å². The quantitative estimate of drug-likeness (QED) is 0.527. The Kier molecular flexibility index (Phi) is 5.48. The van der Waals surface area contributed by atoms with Gasteiger partial charge in [0, 0.05) is 19.2 Å². The van der Waals surface area contributed by atoms with E-state index < -0.39 is 11.9 Å². The number of carbonyl (C=O) groups excluding carboxylic acids is 2. The molecule has 7 nitrogen and oxygen atoms in total. The van der Waals surface area contributed by atoms with Crippen LogP contribution < -0.4 is 4.74 Å². The Morgan fingerprint density at radius 2 is 2.04 bits per heavy atom. The molecule has 1 aliphatic rings. The van der Waals surface area contributed by atoms with Crippen LogP contribution in [0.2, 0.25) is 0 Å². The van der Waals surface area contributed by atoms with E-state index in [0.29, 0.717) is 37.1 Å². The van der Waals surface area contributed by atoms with Gasteiger partial charge in [-0.25, -0.2) is 4.79 Å². The molecule has 2 aromatic rings. The number of amides is 3. The number of hydrogen-bond acceptors (Lipinski definition) is 5. The molecule has 0 aliphatic carbocycles. The smallest absolute Gasteiger partial charge is 0.437 e. The van der Waals surface area contributed by atoms with Crippen LogP contribution in [0.1, 0.15) is 31.0 Å². The molecule has 1 aromatic carbocycles. The molecule has 0 bridgehead atoms. The summed E-state index contributed by atoms with van der Waals surface area (Å²) in [5.41, 5.74) is -0.434. The van der Waals surface area contributed by atoms with Gasteiger partial charge >= 0.3 is 12.2 Å². The third kappa shape index (κ3) is 3.76. The Hall–Kier alpha value is -2.78. The van der Waals surface area contributed by atoms with Gasteiger partial charge in [-0.05, 0) is 25.0 Å². The van der Waals surface area contributed by atoms with Crippen molar-refractivity contribution in [3.05, 3.63) is 23.4 Å². The second-order valence-electron chi connectivity index (χ2n) is 6.56. The van der Waals surface area contributed by atoms with Crippen LogP contribution in [-0.2, 0) is 17.4 Å². The number of urea groups is 1. The molecule has 0 N–H and O–H groups in total. The van der Waals surface area contributed by atoms with Crippen LogP contribution in [-0.4, -0.2) is 53.6 Å². The van der Waals surface area contributed by atoms with Gasteiger partial charge in [0.15, 0.2) is 11.3 Å². The maximum Gasteiger partial charge on any atom is 0.437 e. The second kappa shape index (κ2) is 7.69. The van der Waals surface area contributed by atoms with Crippen LogP contribution in [0.4, 0.5) is 18.0 Å². The average Bonchev–Trinajstić information content (AvgIpc) is 3.17. The summed E-state index contributed by atoms with van der Waals surface area (Å²) in [5, 5.41) is 3.10. The highest BCUT2D eigenvalue weighted by Crippen LogP contribution is 2.38. The van der Waals surface area contributed by atoms with Gasteiger partial charge in [-0.15, -0.1) is 0 Å². The minimum Gasteiger partial charge on any atom is -0.493 e. The van der Waals surface area contributed by atoms with E-state index >= 15 is 0 Å². The number of rotatable bonds is 7. The van der Waals surface area contributed by atoms with E-state index in [2.05, 4.69) is 5.16 Å². The second-order valence-corrected chi connectivity index (χ2v) is 6.56. The number of ether oxygens (including phenoxy) is 1. The molecule has 28 heavy (non-hydrogen) atoms. The number of hydrogen-bond donors (Lipinski definition) is 0. The first-order chi connectivity index (χ1) is 13.2. The molecule has 3 rings (SSSR count). The van der Waals surface area contributed by atoms with Gasteiger partial charge in [0.25, 0.3) is 0 Å². The molecule has 0 unspecified atom stereocenters. The zero-order valence-corrected chi connectivity index (χ0v) is 15.5. The number of halogens is 3. The Labute approximate surface area is 159 Å². The molecule has 3 amide bonds. The van der Waals surface area contributed by atoms with Crippen LogP contribution in [0, 0.1) is 0 Å². The van der Waals surface area contributed by atoms with Gasteiger partial charge in [-0.1, -0.05) is 18.5 Å². The van der Waals surface area contributed by atoms with Crippen molar-refractivity contribution in [2.75, 3.05) is 26.7 Å². The third-order valence-electron chi connectivity index (χ3n) is 4.56. The number of aromatic nitrogens is 1. The first-order valence-corrected chi connectivity index (χ1v) is 8.90. The Bertz CT molecular complexity index is 894. The van der Waals surface area contributed by atoms with Crippen LogP contribution in [0.25, 0.3) is 11.0 Å². The van der Waals surface area contributed by atoms with Crippen molar-refractivity contribution in [2.24, 2.45) is 0 Å². The fraction of sp³-hybridized carbons (Fsp3) is 0.500. The molecule has 2 heterocycles. The normalized spacial score (nSPS) is 15.2. The number of alkyl halides is 3. The van der Waals surface area contributed by atoms with Crippen molar-refractivity contribution < 1.29 is 32.0 Å². The van der Waals surface area contributed by atoms with Crippen molar-refractivity contribution in [3.8, 4) is 5.75 Å². The third-order valence-corrected chi connectivity index (χ3v) is 4.56. The summed E-state index contributed by atoms with van der Waals surface area (Å²) in [5.74, 6) is 0.174. The largest absolute Gasteiger partial charge is 0.493 e. The highest BCUT2D eigenvalue weighted by atomic mass is 19.4. The predicted octanol–water partition coefficient (Wildman–Crippen LogP) is 3.46. The van der Waals surface area contributed by atoms with E-state index in [0.717, 1.165) is 4.90 Å². The Morgan fingerprint density at radius 1 is 1.29 bits per heavy atom. The van der Waals surface area contributed by atoms with E-state index in [1.165, 1.54) is 24.1 Å². The standard InChI is InChI=1S/C18H20F3N3O4/c1-3-5-11-13(7-6-12-15(11)28-22-16(12)18(19,20)21)27-9-4-8-24-10-14(25)23(2)17(24)26/h6-7H,3-5,8-10H2,1-2H3.